The summed E-state index contributed by atoms with van der Waals surface area (Å²) in [4.78, 5) is 14.3. The van der Waals surface area contributed by atoms with Crippen LogP contribution in [0.3, 0.4) is 0 Å². The largest absolute Gasteiger partial charge is 0.444 e. The minimum Gasteiger partial charge on any atom is -0.444 e. The monoisotopic (exact) mass is 356 g/mol. The molecule has 1 saturated carbocycles. The lowest BCUT2D eigenvalue weighted by atomic mass is 9.61. The molecule has 0 radical (unpaired) electrons. The molecule has 1 saturated heterocycles. The highest BCUT2D eigenvalue weighted by Gasteiger charge is 2.51. The molecule has 0 aromatic rings. The van der Waals surface area contributed by atoms with Gasteiger partial charge in [-0.15, -0.1) is 0 Å². The lowest BCUT2D eigenvalue weighted by Crippen LogP contribution is -2.64. The molecular weight excluding hydrogens is 320 g/mol. The number of hydrogen-bond donors (Lipinski definition) is 1. The third-order valence-corrected chi connectivity index (χ3v) is 5.57. The van der Waals surface area contributed by atoms with Crippen LogP contribution in [0.15, 0.2) is 0 Å². The maximum atomic E-state index is 12.5. The number of carbonyl (C=O) groups excluding carboxylic acids is 1. The molecule has 0 spiro atoms. The average molecular weight is 357 g/mol. The minimum atomic E-state index is -0.479. The van der Waals surface area contributed by atoms with Gasteiger partial charge in [0.15, 0.2) is 0 Å². The van der Waals surface area contributed by atoms with Gasteiger partial charge in [0.1, 0.15) is 5.60 Å². The van der Waals surface area contributed by atoms with Crippen molar-refractivity contribution >= 4 is 6.09 Å². The summed E-state index contributed by atoms with van der Waals surface area (Å²) in [7, 11) is 0. The van der Waals surface area contributed by atoms with E-state index < -0.39 is 5.60 Å². The molecule has 6 nitrogen and oxygen atoms in total. The topological polar surface area (TPSA) is 60.0 Å². The zero-order chi connectivity index (χ0) is 18.7. The molecule has 1 aliphatic carbocycles. The number of morpholine rings is 1. The predicted octanol–water partition coefficient (Wildman–Crippen LogP) is 2.81. The fraction of sp³-hybridized carbons (Fsp3) is 0.947. The Morgan fingerprint density at radius 3 is 2.68 bits per heavy atom. The number of hydrogen-bond acceptors (Lipinski definition) is 5. The summed E-state index contributed by atoms with van der Waals surface area (Å²) >= 11 is 0. The van der Waals surface area contributed by atoms with Crippen LogP contribution in [0, 0.1) is 5.41 Å². The molecule has 25 heavy (non-hydrogen) atoms. The highest BCUT2D eigenvalue weighted by atomic mass is 16.6. The van der Waals surface area contributed by atoms with E-state index in [9.17, 15) is 4.79 Å². The summed E-state index contributed by atoms with van der Waals surface area (Å²) in [6.07, 6.45) is 2.18. The van der Waals surface area contributed by atoms with Gasteiger partial charge in [-0.25, -0.2) is 4.79 Å². The first kappa shape index (κ1) is 20.5. The summed E-state index contributed by atoms with van der Waals surface area (Å²) in [6, 6.07) is 0.423. The Morgan fingerprint density at radius 2 is 2.08 bits per heavy atom. The van der Waals surface area contributed by atoms with Gasteiger partial charge in [0.05, 0.1) is 25.4 Å². The molecule has 0 bridgehead atoms. The fourth-order valence-corrected chi connectivity index (χ4v) is 3.73. The van der Waals surface area contributed by atoms with Gasteiger partial charge in [-0.2, -0.15) is 0 Å². The molecule has 4 unspecified atom stereocenters. The molecule has 1 aliphatic heterocycles. The highest BCUT2D eigenvalue weighted by molar-refractivity contribution is 5.68. The molecule has 0 aromatic heterocycles. The van der Waals surface area contributed by atoms with Gasteiger partial charge in [0.25, 0.3) is 0 Å². The molecule has 1 heterocycles. The normalized spacial score (nSPS) is 33.0. The van der Waals surface area contributed by atoms with E-state index in [0.717, 1.165) is 26.0 Å². The number of ether oxygens (including phenoxy) is 3. The van der Waals surface area contributed by atoms with Crippen LogP contribution in [-0.4, -0.2) is 67.7 Å². The molecular formula is C19H36N2O4. The second kappa shape index (κ2) is 8.23. The summed E-state index contributed by atoms with van der Waals surface area (Å²) in [5.41, 5.74) is -0.324. The molecule has 6 heteroatoms. The van der Waals surface area contributed by atoms with Crippen molar-refractivity contribution < 1.29 is 19.0 Å². The first-order valence-corrected chi connectivity index (χ1v) is 9.63. The molecule has 2 rings (SSSR count). The van der Waals surface area contributed by atoms with Crippen molar-refractivity contribution in [3.8, 4) is 0 Å². The highest BCUT2D eigenvalue weighted by Crippen LogP contribution is 2.45. The quantitative estimate of drug-likeness (QED) is 0.793. The van der Waals surface area contributed by atoms with E-state index in [4.69, 9.17) is 14.2 Å². The van der Waals surface area contributed by atoms with Crippen LogP contribution in [0.1, 0.15) is 54.4 Å². The third-order valence-electron chi connectivity index (χ3n) is 5.57. The van der Waals surface area contributed by atoms with E-state index in [1.54, 1.807) is 0 Å². The second-order valence-electron chi connectivity index (χ2n) is 8.40. The molecule has 146 valence electrons. The van der Waals surface area contributed by atoms with Crippen LogP contribution in [0.4, 0.5) is 4.79 Å². The van der Waals surface area contributed by atoms with E-state index in [1.165, 1.54) is 0 Å². The van der Waals surface area contributed by atoms with Crippen LogP contribution >= 0.6 is 0 Å². The smallest absolute Gasteiger partial charge is 0.410 e. The van der Waals surface area contributed by atoms with Gasteiger partial charge in [-0.3, -0.25) is 4.90 Å². The lowest BCUT2D eigenvalue weighted by Gasteiger charge is -2.54. The fourth-order valence-electron chi connectivity index (χ4n) is 3.73. The summed E-state index contributed by atoms with van der Waals surface area (Å²) < 4.78 is 17.0. The van der Waals surface area contributed by atoms with E-state index in [0.29, 0.717) is 31.9 Å². The maximum Gasteiger partial charge on any atom is 0.410 e. The molecule has 1 amide bonds. The molecule has 2 fully saturated rings. The molecule has 1 N–H and O–H groups in total. The van der Waals surface area contributed by atoms with Crippen molar-refractivity contribution in [1.29, 1.82) is 0 Å². The standard InChI is InChI=1S/C19H36N2O4/c1-7-19(6)15(11-16(19)24-8-2)20-12-14-13-23-10-9-21(14)17(22)25-18(3,4)5/h14-16,20H,7-13H2,1-6H3. The van der Waals surface area contributed by atoms with Crippen molar-refractivity contribution in [1.82, 2.24) is 10.2 Å². The summed E-state index contributed by atoms with van der Waals surface area (Å²) in [5, 5.41) is 3.66. The van der Waals surface area contributed by atoms with Gasteiger partial charge in [0, 0.05) is 31.2 Å². The number of amides is 1. The van der Waals surface area contributed by atoms with E-state index >= 15 is 0 Å². The van der Waals surface area contributed by atoms with E-state index in [2.05, 4.69) is 26.1 Å². The average Bonchev–Trinajstić information content (AvgIpc) is 2.55. The van der Waals surface area contributed by atoms with Gasteiger partial charge < -0.3 is 19.5 Å². The van der Waals surface area contributed by atoms with Crippen LogP contribution in [-0.2, 0) is 14.2 Å². The zero-order valence-corrected chi connectivity index (χ0v) is 16.8. The van der Waals surface area contributed by atoms with Crippen molar-refractivity contribution in [2.45, 2.75) is 78.2 Å². The Morgan fingerprint density at radius 1 is 1.36 bits per heavy atom. The molecule has 4 atom stereocenters. The number of rotatable bonds is 6. The van der Waals surface area contributed by atoms with Gasteiger partial charge in [-0.1, -0.05) is 13.8 Å². The third kappa shape index (κ3) is 4.86. The van der Waals surface area contributed by atoms with Gasteiger partial charge >= 0.3 is 6.09 Å². The summed E-state index contributed by atoms with van der Waals surface area (Å²) in [5.74, 6) is 0. The number of carbonyl (C=O) groups is 1. The Labute approximate surface area is 152 Å². The molecule has 0 aromatic carbocycles. The Balaban J connectivity index is 1.91. The Kier molecular flexibility index (Phi) is 6.74. The number of nitrogens with one attached hydrogen (secondary N) is 1. The van der Waals surface area contributed by atoms with Gasteiger partial charge in [-0.05, 0) is 40.5 Å². The minimum absolute atomic E-state index is 0.0100. The van der Waals surface area contributed by atoms with E-state index in [-0.39, 0.29) is 17.6 Å². The van der Waals surface area contributed by atoms with E-state index in [1.807, 2.05) is 25.7 Å². The van der Waals surface area contributed by atoms with Crippen LogP contribution in [0.5, 0.6) is 0 Å². The first-order chi connectivity index (χ1) is 11.7. The van der Waals surface area contributed by atoms with Crippen molar-refractivity contribution in [2.75, 3.05) is 32.9 Å². The maximum absolute atomic E-state index is 12.5. The number of nitrogens with zero attached hydrogens (tertiary/aromatic N) is 1. The Hall–Kier alpha value is -0.850. The van der Waals surface area contributed by atoms with Crippen LogP contribution in [0.2, 0.25) is 0 Å². The summed E-state index contributed by atoms with van der Waals surface area (Å²) in [6.45, 7) is 15.4. The van der Waals surface area contributed by atoms with Crippen LogP contribution < -0.4 is 5.32 Å². The molecule has 2 aliphatic rings. The SMILES string of the molecule is CCOC1CC(NCC2COCCN2C(=O)OC(C)(C)C)C1(C)CC. The van der Waals surface area contributed by atoms with Gasteiger partial charge in [0.2, 0.25) is 0 Å². The lowest BCUT2D eigenvalue weighted by molar-refractivity contribution is -0.127. The first-order valence-electron chi connectivity index (χ1n) is 9.63. The van der Waals surface area contributed by atoms with Crippen molar-refractivity contribution in [2.24, 2.45) is 5.41 Å². The van der Waals surface area contributed by atoms with Crippen LogP contribution in [0.25, 0.3) is 0 Å². The second-order valence-corrected chi connectivity index (χ2v) is 8.40. The predicted molar refractivity (Wildman–Crippen MR) is 97.8 cm³/mol. The van der Waals surface area contributed by atoms with Crippen molar-refractivity contribution in [3.63, 3.8) is 0 Å². The Bertz CT molecular complexity index is 451. The zero-order valence-electron chi connectivity index (χ0n) is 16.8. The van der Waals surface area contributed by atoms with Crippen molar-refractivity contribution in [3.05, 3.63) is 0 Å².